The number of anilines is 2. The van der Waals surface area contributed by atoms with Crippen LogP contribution in [0.15, 0.2) is 54.7 Å². The SMILES string of the molecule is CCC(=O)Cc1cccc(Oc2cccc(CNc3nc(N4CCC(N)CC4)nc4c(C(C)C)cnn34)c2)c1. The predicted octanol–water partition coefficient (Wildman–Crippen LogP) is 5.10. The molecule has 4 aromatic rings. The molecular weight excluding hydrogens is 490 g/mol. The summed E-state index contributed by atoms with van der Waals surface area (Å²) in [5.41, 5.74) is 10.0. The van der Waals surface area contributed by atoms with Crippen molar-refractivity contribution >= 4 is 23.3 Å². The lowest BCUT2D eigenvalue weighted by Gasteiger charge is -2.30. The Morgan fingerprint density at radius 1 is 1.08 bits per heavy atom. The number of Topliss-reactive ketones (excluding diaryl/α,β-unsaturated/α-hetero) is 1. The van der Waals surface area contributed by atoms with Gasteiger partial charge in [-0.3, -0.25) is 4.79 Å². The van der Waals surface area contributed by atoms with Crippen LogP contribution >= 0.6 is 0 Å². The van der Waals surface area contributed by atoms with Crippen LogP contribution in [0.1, 0.15) is 62.6 Å². The first-order valence-corrected chi connectivity index (χ1v) is 13.8. The largest absolute Gasteiger partial charge is 0.457 e. The Hall–Kier alpha value is -3.98. The third-order valence-corrected chi connectivity index (χ3v) is 7.11. The lowest BCUT2D eigenvalue weighted by atomic mass is 10.1. The summed E-state index contributed by atoms with van der Waals surface area (Å²) in [5, 5.41) is 8.08. The van der Waals surface area contributed by atoms with E-state index in [1.165, 1.54) is 0 Å². The second-order valence-corrected chi connectivity index (χ2v) is 10.5. The highest BCUT2D eigenvalue weighted by Crippen LogP contribution is 2.26. The highest BCUT2D eigenvalue weighted by molar-refractivity contribution is 5.80. The van der Waals surface area contributed by atoms with Crippen molar-refractivity contribution in [2.75, 3.05) is 23.3 Å². The van der Waals surface area contributed by atoms with Gasteiger partial charge in [0.15, 0.2) is 5.65 Å². The summed E-state index contributed by atoms with van der Waals surface area (Å²) in [4.78, 5) is 23.8. The summed E-state index contributed by atoms with van der Waals surface area (Å²) in [7, 11) is 0. The number of aromatic nitrogens is 4. The molecule has 1 saturated heterocycles. The minimum Gasteiger partial charge on any atom is -0.457 e. The van der Waals surface area contributed by atoms with Crippen LogP contribution in [0.2, 0.25) is 0 Å². The van der Waals surface area contributed by atoms with Crippen molar-refractivity contribution in [3.63, 3.8) is 0 Å². The highest BCUT2D eigenvalue weighted by Gasteiger charge is 2.22. The molecule has 0 amide bonds. The fourth-order valence-electron chi connectivity index (χ4n) is 4.75. The Morgan fingerprint density at radius 3 is 2.46 bits per heavy atom. The van der Waals surface area contributed by atoms with Gasteiger partial charge in [-0.1, -0.05) is 45.0 Å². The van der Waals surface area contributed by atoms with E-state index in [9.17, 15) is 4.79 Å². The van der Waals surface area contributed by atoms with Gasteiger partial charge in [0.1, 0.15) is 17.3 Å². The number of ketones is 1. The average molecular weight is 528 g/mol. The standard InChI is InChI=1S/C30H37N7O2/c1-4-24(38)15-21-7-5-9-25(16-21)39-26-10-6-8-22(17-26)18-32-29-35-30(36-13-11-23(31)12-14-36)34-28-27(20(2)3)19-33-37(28)29/h5-10,16-17,19-20,23H,4,11-15,18,31H2,1-3H3,(H,32,34,35). The molecule has 1 aliphatic heterocycles. The number of hydrogen-bond acceptors (Lipinski definition) is 8. The Labute approximate surface area is 229 Å². The monoisotopic (exact) mass is 527 g/mol. The molecule has 3 N–H and O–H groups in total. The maximum absolute atomic E-state index is 11.9. The van der Waals surface area contributed by atoms with Crippen LogP contribution in [0, 0.1) is 0 Å². The van der Waals surface area contributed by atoms with Gasteiger partial charge in [-0.15, -0.1) is 0 Å². The van der Waals surface area contributed by atoms with Crippen molar-refractivity contribution in [3.05, 3.63) is 71.4 Å². The number of fused-ring (bicyclic) bond motifs is 1. The van der Waals surface area contributed by atoms with Gasteiger partial charge in [-0.2, -0.15) is 19.6 Å². The predicted molar refractivity (Wildman–Crippen MR) is 154 cm³/mol. The third kappa shape index (κ3) is 6.37. The number of carbonyl (C=O) groups excluding carboxylic acids is 1. The third-order valence-electron chi connectivity index (χ3n) is 7.11. The van der Waals surface area contributed by atoms with Crippen molar-refractivity contribution in [2.45, 2.75) is 65.0 Å². The molecule has 0 unspecified atom stereocenters. The lowest BCUT2D eigenvalue weighted by molar-refractivity contribution is -0.118. The van der Waals surface area contributed by atoms with Crippen molar-refractivity contribution in [1.82, 2.24) is 19.6 Å². The summed E-state index contributed by atoms with van der Waals surface area (Å²) < 4.78 is 7.92. The van der Waals surface area contributed by atoms with E-state index in [-0.39, 0.29) is 11.8 Å². The number of nitrogens with two attached hydrogens (primary N) is 1. The smallest absolute Gasteiger partial charge is 0.230 e. The zero-order valence-electron chi connectivity index (χ0n) is 22.9. The van der Waals surface area contributed by atoms with Gasteiger partial charge < -0.3 is 20.7 Å². The molecule has 1 aliphatic rings. The summed E-state index contributed by atoms with van der Waals surface area (Å²) in [6.45, 7) is 8.40. The molecule has 2 aromatic heterocycles. The van der Waals surface area contributed by atoms with Gasteiger partial charge in [0.25, 0.3) is 0 Å². The van der Waals surface area contributed by atoms with Gasteiger partial charge in [0, 0.05) is 44.1 Å². The quantitative estimate of drug-likeness (QED) is 0.293. The Kier molecular flexibility index (Phi) is 8.07. The second kappa shape index (κ2) is 11.8. The summed E-state index contributed by atoms with van der Waals surface area (Å²) in [5.74, 6) is 3.30. The number of ether oxygens (including phenoxy) is 1. The van der Waals surface area contributed by atoms with Gasteiger partial charge in [-0.05, 0) is 54.2 Å². The Morgan fingerprint density at radius 2 is 1.77 bits per heavy atom. The van der Waals surface area contributed by atoms with Gasteiger partial charge in [-0.25, -0.2) is 0 Å². The number of nitrogens with one attached hydrogen (secondary N) is 1. The number of hydrogen-bond donors (Lipinski definition) is 2. The molecule has 9 heteroatoms. The molecule has 204 valence electrons. The molecule has 0 bridgehead atoms. The first-order chi connectivity index (χ1) is 18.9. The fraction of sp³-hybridized carbons (Fsp3) is 0.400. The molecule has 9 nitrogen and oxygen atoms in total. The zero-order chi connectivity index (χ0) is 27.4. The number of rotatable bonds is 10. The van der Waals surface area contributed by atoms with Crippen LogP contribution in [-0.4, -0.2) is 44.5 Å². The first-order valence-electron chi connectivity index (χ1n) is 13.8. The molecular formula is C30H37N7O2. The molecule has 0 aliphatic carbocycles. The highest BCUT2D eigenvalue weighted by atomic mass is 16.5. The molecule has 0 atom stereocenters. The first kappa shape index (κ1) is 26.6. The molecule has 0 saturated carbocycles. The minimum atomic E-state index is 0.212. The van der Waals surface area contributed by atoms with Gasteiger partial charge in [0.2, 0.25) is 11.9 Å². The number of carbonyl (C=O) groups is 1. The van der Waals surface area contributed by atoms with Crippen molar-refractivity contribution in [2.24, 2.45) is 5.73 Å². The molecule has 5 rings (SSSR count). The zero-order valence-corrected chi connectivity index (χ0v) is 22.9. The average Bonchev–Trinajstić information content (AvgIpc) is 3.37. The maximum atomic E-state index is 11.9. The van der Waals surface area contributed by atoms with Crippen molar-refractivity contribution in [1.29, 1.82) is 0 Å². The molecule has 39 heavy (non-hydrogen) atoms. The molecule has 0 spiro atoms. The molecule has 3 heterocycles. The van der Waals surface area contributed by atoms with Crippen molar-refractivity contribution in [3.8, 4) is 11.5 Å². The summed E-state index contributed by atoms with van der Waals surface area (Å²) in [6.07, 6.45) is 4.69. The number of piperidine rings is 1. The van der Waals surface area contributed by atoms with Crippen LogP contribution in [0.3, 0.4) is 0 Å². The van der Waals surface area contributed by atoms with Crippen LogP contribution in [-0.2, 0) is 17.8 Å². The van der Waals surface area contributed by atoms with Gasteiger partial charge in [0.05, 0.1) is 6.20 Å². The summed E-state index contributed by atoms with van der Waals surface area (Å²) >= 11 is 0. The van der Waals surface area contributed by atoms with Gasteiger partial charge >= 0.3 is 0 Å². The number of nitrogens with zero attached hydrogens (tertiary/aromatic N) is 5. The van der Waals surface area contributed by atoms with E-state index in [1.807, 2.05) is 61.7 Å². The van der Waals surface area contributed by atoms with E-state index in [0.29, 0.717) is 43.0 Å². The van der Waals surface area contributed by atoms with Crippen LogP contribution in [0.4, 0.5) is 11.9 Å². The Balaban J connectivity index is 1.35. The van der Waals surface area contributed by atoms with Crippen LogP contribution in [0.5, 0.6) is 11.5 Å². The van der Waals surface area contributed by atoms with Crippen LogP contribution < -0.4 is 20.7 Å². The number of benzene rings is 2. The van der Waals surface area contributed by atoms with E-state index in [2.05, 4.69) is 29.2 Å². The van der Waals surface area contributed by atoms with E-state index < -0.39 is 0 Å². The maximum Gasteiger partial charge on any atom is 0.230 e. The van der Waals surface area contributed by atoms with Crippen LogP contribution in [0.25, 0.3) is 5.65 Å². The van der Waals surface area contributed by atoms with E-state index in [0.717, 1.165) is 54.0 Å². The normalized spacial score (nSPS) is 14.2. The van der Waals surface area contributed by atoms with E-state index in [1.54, 1.807) is 4.52 Å². The van der Waals surface area contributed by atoms with Crippen molar-refractivity contribution < 1.29 is 9.53 Å². The Bertz CT molecular complexity index is 1440. The topological polar surface area (TPSA) is 111 Å². The van der Waals surface area contributed by atoms with E-state index in [4.69, 9.17) is 20.4 Å². The molecule has 0 radical (unpaired) electrons. The molecule has 1 fully saturated rings. The minimum absolute atomic E-state index is 0.212. The lowest BCUT2D eigenvalue weighted by Crippen LogP contribution is -2.40. The fourth-order valence-corrected chi connectivity index (χ4v) is 4.75. The summed E-state index contributed by atoms with van der Waals surface area (Å²) in [6, 6.07) is 15.9. The molecule has 2 aromatic carbocycles. The van der Waals surface area contributed by atoms with E-state index >= 15 is 0 Å². The second-order valence-electron chi connectivity index (χ2n) is 10.5.